The number of carbonyl (C=O) groups is 1. The van der Waals surface area contributed by atoms with E-state index in [0.29, 0.717) is 12.5 Å². The Morgan fingerprint density at radius 2 is 2.14 bits per heavy atom. The highest BCUT2D eigenvalue weighted by molar-refractivity contribution is 5.84. The molecule has 2 atom stereocenters. The number of nitrogens with one attached hydrogen (secondary N) is 1. The zero-order valence-electron chi connectivity index (χ0n) is 13.0. The van der Waals surface area contributed by atoms with Crippen LogP contribution in [0.2, 0.25) is 0 Å². The van der Waals surface area contributed by atoms with Crippen molar-refractivity contribution in [2.75, 3.05) is 13.7 Å². The smallest absolute Gasteiger partial charge is 0.241 e. The van der Waals surface area contributed by atoms with Gasteiger partial charge in [-0.2, -0.15) is 0 Å². The van der Waals surface area contributed by atoms with Gasteiger partial charge in [-0.05, 0) is 37.0 Å². The van der Waals surface area contributed by atoms with Crippen molar-refractivity contribution in [1.29, 1.82) is 0 Å². The fraction of sp³-hybridized carbons (Fsp3) is 0.562. The van der Waals surface area contributed by atoms with Gasteiger partial charge in [-0.15, -0.1) is 0 Å². The highest BCUT2D eigenvalue weighted by atomic mass is 19.1. The second-order valence-corrected chi connectivity index (χ2v) is 5.90. The van der Waals surface area contributed by atoms with E-state index in [9.17, 15) is 9.18 Å². The molecule has 0 aliphatic carbocycles. The average Bonchev–Trinajstić information content (AvgIpc) is 2.72. The number of hydrogen-bond donors (Lipinski definition) is 1. The number of methoxy groups -OCH3 is 1. The molecule has 1 aromatic carbocycles. The molecule has 2 unspecified atom stereocenters. The molecule has 1 amide bonds. The van der Waals surface area contributed by atoms with Gasteiger partial charge in [0.2, 0.25) is 5.91 Å². The van der Waals surface area contributed by atoms with Gasteiger partial charge in [-0.1, -0.05) is 19.9 Å². The lowest BCUT2D eigenvalue weighted by Crippen LogP contribution is -2.32. The van der Waals surface area contributed by atoms with Crippen molar-refractivity contribution < 1.29 is 13.9 Å². The van der Waals surface area contributed by atoms with E-state index in [4.69, 9.17) is 4.74 Å². The van der Waals surface area contributed by atoms with Gasteiger partial charge in [0.25, 0.3) is 0 Å². The number of nitrogens with zero attached hydrogens (tertiary/aromatic N) is 1. The molecule has 0 saturated carbocycles. The van der Waals surface area contributed by atoms with Gasteiger partial charge >= 0.3 is 0 Å². The lowest BCUT2D eigenvalue weighted by Gasteiger charge is -2.25. The molecule has 1 aliphatic rings. The van der Waals surface area contributed by atoms with Gasteiger partial charge < -0.3 is 9.64 Å². The number of rotatable bonds is 5. The minimum Gasteiger partial charge on any atom is -0.494 e. The summed E-state index contributed by atoms with van der Waals surface area (Å²) in [5.41, 5.74) is 0.745. The number of benzene rings is 1. The number of halogens is 1. The lowest BCUT2D eigenvalue weighted by molar-refractivity contribution is -0.130. The van der Waals surface area contributed by atoms with Crippen molar-refractivity contribution in [2.45, 2.75) is 39.4 Å². The Labute approximate surface area is 125 Å². The van der Waals surface area contributed by atoms with Crippen molar-refractivity contribution in [3.63, 3.8) is 0 Å². The molecule has 1 aliphatic heterocycles. The molecule has 5 heteroatoms. The fourth-order valence-corrected chi connectivity index (χ4v) is 2.54. The maximum Gasteiger partial charge on any atom is 0.241 e. The van der Waals surface area contributed by atoms with Crippen LogP contribution in [-0.2, 0) is 4.79 Å². The Hall–Kier alpha value is -1.62. The Morgan fingerprint density at radius 3 is 2.71 bits per heavy atom. The molecular weight excluding hydrogens is 271 g/mol. The van der Waals surface area contributed by atoms with Gasteiger partial charge in [-0.25, -0.2) is 4.39 Å². The minimum absolute atomic E-state index is 0.0666. The molecule has 1 fully saturated rings. The van der Waals surface area contributed by atoms with Crippen LogP contribution in [0.5, 0.6) is 5.75 Å². The first-order valence-corrected chi connectivity index (χ1v) is 7.34. The van der Waals surface area contributed by atoms with E-state index in [0.717, 1.165) is 12.0 Å². The second-order valence-electron chi connectivity index (χ2n) is 5.90. The highest BCUT2D eigenvalue weighted by Crippen LogP contribution is 2.29. The van der Waals surface area contributed by atoms with Gasteiger partial charge in [0.15, 0.2) is 11.6 Å². The van der Waals surface area contributed by atoms with Crippen molar-refractivity contribution >= 4 is 5.91 Å². The summed E-state index contributed by atoms with van der Waals surface area (Å²) in [5.74, 6) is 0.385. The third-order valence-corrected chi connectivity index (χ3v) is 3.81. The number of ether oxygens (including phenoxy) is 1. The van der Waals surface area contributed by atoms with Crippen LogP contribution in [-0.4, -0.2) is 30.5 Å². The molecule has 2 rings (SSSR count). The summed E-state index contributed by atoms with van der Waals surface area (Å²) in [6.07, 6.45) is 0.654. The van der Waals surface area contributed by atoms with Crippen molar-refractivity contribution in [2.24, 2.45) is 5.92 Å². The van der Waals surface area contributed by atoms with Crippen LogP contribution in [0.3, 0.4) is 0 Å². The fourth-order valence-electron chi connectivity index (χ4n) is 2.54. The van der Waals surface area contributed by atoms with Crippen LogP contribution in [0.25, 0.3) is 0 Å². The Morgan fingerprint density at radius 1 is 1.43 bits per heavy atom. The summed E-state index contributed by atoms with van der Waals surface area (Å²) >= 11 is 0. The number of hydrogen-bond acceptors (Lipinski definition) is 3. The summed E-state index contributed by atoms with van der Waals surface area (Å²) < 4.78 is 18.8. The Balaban J connectivity index is 2.23. The summed E-state index contributed by atoms with van der Waals surface area (Å²) in [6.45, 7) is 6.76. The van der Waals surface area contributed by atoms with Gasteiger partial charge in [-0.3, -0.25) is 10.1 Å². The topological polar surface area (TPSA) is 41.6 Å². The van der Waals surface area contributed by atoms with Crippen LogP contribution in [0, 0.1) is 11.7 Å². The first-order chi connectivity index (χ1) is 9.93. The molecule has 0 aromatic heterocycles. The van der Waals surface area contributed by atoms with Crippen LogP contribution < -0.4 is 10.1 Å². The van der Waals surface area contributed by atoms with Crippen LogP contribution >= 0.6 is 0 Å². The normalized spacial score (nSPS) is 22.2. The summed E-state index contributed by atoms with van der Waals surface area (Å²) in [5, 5.41) is 3.23. The number of carbonyl (C=O) groups excluding carboxylic acids is 1. The predicted molar refractivity (Wildman–Crippen MR) is 79.5 cm³/mol. The van der Waals surface area contributed by atoms with Gasteiger partial charge in [0.1, 0.15) is 6.17 Å². The molecule has 4 nitrogen and oxygen atoms in total. The monoisotopic (exact) mass is 294 g/mol. The molecule has 1 saturated heterocycles. The molecule has 116 valence electrons. The molecular formula is C16H23FN2O2. The van der Waals surface area contributed by atoms with Crippen molar-refractivity contribution in [3.8, 4) is 5.75 Å². The molecule has 0 radical (unpaired) electrons. The Kier molecular flexibility index (Phi) is 4.83. The molecule has 0 bridgehead atoms. The first-order valence-electron chi connectivity index (χ1n) is 7.34. The quantitative estimate of drug-likeness (QED) is 0.908. The maximum atomic E-state index is 13.9. The SMILES string of the molecule is COc1ccc(C2NC(C)C(=O)N2CCC(C)C)cc1F. The van der Waals surface area contributed by atoms with Gasteiger partial charge in [0.05, 0.1) is 13.2 Å². The van der Waals surface area contributed by atoms with E-state index in [2.05, 4.69) is 19.2 Å². The van der Waals surface area contributed by atoms with Crippen LogP contribution in [0.4, 0.5) is 4.39 Å². The zero-order chi connectivity index (χ0) is 15.6. The summed E-state index contributed by atoms with van der Waals surface area (Å²) in [7, 11) is 1.44. The number of amides is 1. The standard InChI is InChI=1S/C16H23FN2O2/c1-10(2)7-8-19-15(18-11(3)16(19)20)12-5-6-14(21-4)13(17)9-12/h5-6,9-11,15,18H,7-8H2,1-4H3. The summed E-state index contributed by atoms with van der Waals surface area (Å²) in [6, 6.07) is 4.59. The predicted octanol–water partition coefficient (Wildman–Crippen LogP) is 2.70. The third kappa shape index (κ3) is 3.35. The first kappa shape index (κ1) is 15.8. The molecule has 21 heavy (non-hydrogen) atoms. The molecule has 0 spiro atoms. The largest absolute Gasteiger partial charge is 0.494 e. The van der Waals surface area contributed by atoms with E-state index in [1.165, 1.54) is 13.2 Å². The maximum absolute atomic E-state index is 13.9. The zero-order valence-corrected chi connectivity index (χ0v) is 13.0. The van der Waals surface area contributed by atoms with E-state index in [1.807, 2.05) is 6.92 Å². The Bertz CT molecular complexity index is 519. The van der Waals surface area contributed by atoms with E-state index in [-0.39, 0.29) is 23.9 Å². The van der Waals surface area contributed by atoms with E-state index < -0.39 is 5.82 Å². The van der Waals surface area contributed by atoms with Crippen LogP contribution in [0.15, 0.2) is 18.2 Å². The lowest BCUT2D eigenvalue weighted by atomic mass is 10.1. The van der Waals surface area contributed by atoms with E-state index >= 15 is 0 Å². The average molecular weight is 294 g/mol. The van der Waals surface area contributed by atoms with Crippen molar-refractivity contribution in [1.82, 2.24) is 10.2 Å². The molecule has 1 heterocycles. The molecule has 1 N–H and O–H groups in total. The minimum atomic E-state index is -0.410. The molecule has 1 aromatic rings. The van der Waals surface area contributed by atoms with Crippen molar-refractivity contribution in [3.05, 3.63) is 29.6 Å². The third-order valence-electron chi connectivity index (χ3n) is 3.81. The van der Waals surface area contributed by atoms with Gasteiger partial charge in [0, 0.05) is 6.54 Å². The van der Waals surface area contributed by atoms with E-state index in [1.54, 1.807) is 17.0 Å². The highest BCUT2D eigenvalue weighted by Gasteiger charge is 2.37. The second kappa shape index (κ2) is 6.43. The van der Waals surface area contributed by atoms with Crippen LogP contribution in [0.1, 0.15) is 38.9 Å². The summed E-state index contributed by atoms with van der Waals surface area (Å²) in [4.78, 5) is 14.1.